The molecule has 82 valence electrons. The van der Waals surface area contributed by atoms with Crippen LogP contribution in [0.2, 0.25) is 0 Å². The molecule has 0 aliphatic heterocycles. The number of benzene rings is 1. The van der Waals surface area contributed by atoms with Crippen molar-refractivity contribution in [3.8, 4) is 0 Å². The molecule has 0 aliphatic rings. The smallest absolute Gasteiger partial charge is 0.159 e. The largest absolute Gasteiger partial charge is 0.385 e. The van der Waals surface area contributed by atoms with Crippen molar-refractivity contribution >= 4 is 11.5 Å². The van der Waals surface area contributed by atoms with Gasteiger partial charge < -0.3 is 10.1 Å². The van der Waals surface area contributed by atoms with E-state index in [4.69, 9.17) is 4.74 Å². The Labute approximate surface area is 90.4 Å². The van der Waals surface area contributed by atoms with Crippen molar-refractivity contribution in [1.29, 1.82) is 0 Å². The summed E-state index contributed by atoms with van der Waals surface area (Å²) in [7, 11) is 1.70. The predicted molar refractivity (Wildman–Crippen MR) is 61.4 cm³/mol. The molecule has 3 heteroatoms. The van der Waals surface area contributed by atoms with Crippen molar-refractivity contribution in [2.75, 3.05) is 25.6 Å². The van der Waals surface area contributed by atoms with Crippen LogP contribution in [0.15, 0.2) is 24.3 Å². The third-order valence-corrected chi connectivity index (χ3v) is 2.15. The van der Waals surface area contributed by atoms with Crippen LogP contribution >= 0.6 is 0 Å². The van der Waals surface area contributed by atoms with Gasteiger partial charge in [0, 0.05) is 31.5 Å². The van der Waals surface area contributed by atoms with E-state index in [1.54, 1.807) is 14.0 Å². The van der Waals surface area contributed by atoms with E-state index in [0.29, 0.717) is 0 Å². The van der Waals surface area contributed by atoms with Gasteiger partial charge in [0.15, 0.2) is 5.78 Å². The van der Waals surface area contributed by atoms with E-state index < -0.39 is 0 Å². The Kier molecular flexibility index (Phi) is 4.84. The normalized spacial score (nSPS) is 10.0. The molecule has 0 saturated heterocycles. The highest BCUT2D eigenvalue weighted by Crippen LogP contribution is 2.09. The molecule has 1 rings (SSSR count). The number of Topliss-reactive ketones (excluding diaryl/α,β-unsaturated/α-hetero) is 1. The molecule has 0 heterocycles. The number of anilines is 1. The molecular weight excluding hydrogens is 190 g/mol. The first-order chi connectivity index (χ1) is 7.24. The van der Waals surface area contributed by atoms with Crippen molar-refractivity contribution in [3.05, 3.63) is 29.8 Å². The molecular formula is C12H17NO2. The molecule has 15 heavy (non-hydrogen) atoms. The second-order valence-electron chi connectivity index (χ2n) is 3.41. The number of ether oxygens (including phenoxy) is 1. The number of rotatable bonds is 6. The van der Waals surface area contributed by atoms with Gasteiger partial charge in [0.25, 0.3) is 0 Å². The summed E-state index contributed by atoms with van der Waals surface area (Å²) in [6, 6.07) is 7.51. The second kappa shape index (κ2) is 6.19. The molecule has 0 bridgehead atoms. The van der Waals surface area contributed by atoms with Crippen molar-refractivity contribution in [3.63, 3.8) is 0 Å². The Morgan fingerprint density at radius 3 is 2.53 bits per heavy atom. The zero-order valence-electron chi connectivity index (χ0n) is 9.25. The maximum Gasteiger partial charge on any atom is 0.159 e. The third-order valence-electron chi connectivity index (χ3n) is 2.15. The van der Waals surface area contributed by atoms with Gasteiger partial charge in [0.05, 0.1) is 0 Å². The minimum absolute atomic E-state index is 0.0981. The van der Waals surface area contributed by atoms with E-state index in [2.05, 4.69) is 5.32 Å². The van der Waals surface area contributed by atoms with Gasteiger partial charge in [0.2, 0.25) is 0 Å². The lowest BCUT2D eigenvalue weighted by Crippen LogP contribution is -2.04. The fourth-order valence-electron chi connectivity index (χ4n) is 1.27. The van der Waals surface area contributed by atoms with E-state index in [9.17, 15) is 4.79 Å². The van der Waals surface area contributed by atoms with Crippen molar-refractivity contribution in [2.24, 2.45) is 0 Å². The minimum Gasteiger partial charge on any atom is -0.385 e. The van der Waals surface area contributed by atoms with Crippen LogP contribution in [0.3, 0.4) is 0 Å². The summed E-state index contributed by atoms with van der Waals surface area (Å²) in [5, 5.41) is 3.25. The van der Waals surface area contributed by atoms with Crippen LogP contribution in [0.1, 0.15) is 23.7 Å². The highest BCUT2D eigenvalue weighted by atomic mass is 16.5. The lowest BCUT2D eigenvalue weighted by molar-refractivity contribution is 0.101. The molecule has 0 atom stereocenters. The predicted octanol–water partition coefficient (Wildman–Crippen LogP) is 2.34. The number of carbonyl (C=O) groups excluding carboxylic acids is 1. The summed E-state index contributed by atoms with van der Waals surface area (Å²) in [5.74, 6) is 0.0981. The lowest BCUT2D eigenvalue weighted by Gasteiger charge is -2.06. The zero-order chi connectivity index (χ0) is 11.1. The average Bonchev–Trinajstić information content (AvgIpc) is 2.25. The molecule has 0 saturated carbocycles. The highest BCUT2D eigenvalue weighted by molar-refractivity contribution is 5.94. The van der Waals surface area contributed by atoms with Crippen LogP contribution in [-0.4, -0.2) is 26.0 Å². The van der Waals surface area contributed by atoms with Crippen LogP contribution < -0.4 is 5.32 Å². The molecule has 0 unspecified atom stereocenters. The van der Waals surface area contributed by atoms with Gasteiger partial charge >= 0.3 is 0 Å². The van der Waals surface area contributed by atoms with E-state index >= 15 is 0 Å². The highest BCUT2D eigenvalue weighted by Gasteiger charge is 1.97. The van der Waals surface area contributed by atoms with Gasteiger partial charge in [-0.3, -0.25) is 4.79 Å². The summed E-state index contributed by atoms with van der Waals surface area (Å²) in [6.45, 7) is 3.22. The summed E-state index contributed by atoms with van der Waals surface area (Å²) < 4.78 is 4.95. The lowest BCUT2D eigenvalue weighted by atomic mass is 10.1. The average molecular weight is 207 g/mol. The molecule has 1 aromatic carbocycles. The summed E-state index contributed by atoms with van der Waals surface area (Å²) >= 11 is 0. The quantitative estimate of drug-likeness (QED) is 0.574. The number of carbonyl (C=O) groups is 1. The van der Waals surface area contributed by atoms with E-state index in [0.717, 1.165) is 30.8 Å². The molecule has 0 aliphatic carbocycles. The Morgan fingerprint density at radius 1 is 1.33 bits per heavy atom. The Morgan fingerprint density at radius 2 is 2.00 bits per heavy atom. The van der Waals surface area contributed by atoms with Crippen molar-refractivity contribution in [2.45, 2.75) is 13.3 Å². The van der Waals surface area contributed by atoms with Crippen molar-refractivity contribution < 1.29 is 9.53 Å². The maximum absolute atomic E-state index is 11.0. The Balaban J connectivity index is 2.39. The molecule has 1 aromatic rings. The van der Waals surface area contributed by atoms with Crippen molar-refractivity contribution in [1.82, 2.24) is 0 Å². The fraction of sp³-hybridized carbons (Fsp3) is 0.417. The first kappa shape index (κ1) is 11.7. The first-order valence-corrected chi connectivity index (χ1v) is 5.08. The van der Waals surface area contributed by atoms with Gasteiger partial charge in [-0.15, -0.1) is 0 Å². The topological polar surface area (TPSA) is 38.3 Å². The van der Waals surface area contributed by atoms with Crippen LogP contribution in [0.5, 0.6) is 0 Å². The minimum atomic E-state index is 0.0981. The van der Waals surface area contributed by atoms with Crippen LogP contribution in [0.4, 0.5) is 5.69 Å². The van der Waals surface area contributed by atoms with Gasteiger partial charge in [-0.05, 0) is 37.6 Å². The van der Waals surface area contributed by atoms with E-state index in [1.807, 2.05) is 24.3 Å². The monoisotopic (exact) mass is 207 g/mol. The van der Waals surface area contributed by atoms with Gasteiger partial charge in [-0.1, -0.05) is 0 Å². The molecule has 0 spiro atoms. The Bertz CT molecular complexity index is 306. The molecule has 0 fully saturated rings. The number of hydrogen-bond donors (Lipinski definition) is 1. The molecule has 3 nitrogen and oxygen atoms in total. The number of nitrogens with one attached hydrogen (secondary N) is 1. The molecule has 1 N–H and O–H groups in total. The van der Waals surface area contributed by atoms with Gasteiger partial charge in [-0.25, -0.2) is 0 Å². The second-order valence-corrected chi connectivity index (χ2v) is 3.41. The molecule has 0 radical (unpaired) electrons. The van der Waals surface area contributed by atoms with Gasteiger partial charge in [0.1, 0.15) is 0 Å². The zero-order valence-corrected chi connectivity index (χ0v) is 9.25. The SMILES string of the molecule is COCCCNc1ccc(C(C)=O)cc1. The summed E-state index contributed by atoms with van der Waals surface area (Å²) in [6.07, 6.45) is 0.977. The van der Waals surface area contributed by atoms with Crippen LogP contribution in [0, 0.1) is 0 Å². The Hall–Kier alpha value is -1.35. The number of methoxy groups -OCH3 is 1. The molecule has 0 aromatic heterocycles. The van der Waals surface area contributed by atoms with E-state index in [-0.39, 0.29) is 5.78 Å². The van der Waals surface area contributed by atoms with Crippen LogP contribution in [0.25, 0.3) is 0 Å². The summed E-state index contributed by atoms with van der Waals surface area (Å²) in [5.41, 5.74) is 1.79. The van der Waals surface area contributed by atoms with Crippen LogP contribution in [-0.2, 0) is 4.74 Å². The van der Waals surface area contributed by atoms with Gasteiger partial charge in [-0.2, -0.15) is 0 Å². The third kappa shape index (κ3) is 4.13. The molecule has 0 amide bonds. The standard InChI is InChI=1S/C12H17NO2/c1-10(14)11-4-6-12(7-5-11)13-8-3-9-15-2/h4-7,13H,3,8-9H2,1-2H3. The van der Waals surface area contributed by atoms with E-state index in [1.165, 1.54) is 0 Å². The first-order valence-electron chi connectivity index (χ1n) is 5.08. The number of hydrogen-bond acceptors (Lipinski definition) is 3. The maximum atomic E-state index is 11.0. The number of ketones is 1. The fourth-order valence-corrected chi connectivity index (χ4v) is 1.27. The summed E-state index contributed by atoms with van der Waals surface area (Å²) in [4.78, 5) is 11.0.